The van der Waals surface area contributed by atoms with Crippen molar-refractivity contribution in [1.29, 1.82) is 0 Å². The van der Waals surface area contributed by atoms with Crippen LogP contribution >= 0.6 is 0 Å². The van der Waals surface area contributed by atoms with Crippen LogP contribution < -0.4 is 5.56 Å². The molecule has 1 N–H and O–H groups in total. The maximum Gasteiger partial charge on any atom is 0.248 e. The summed E-state index contributed by atoms with van der Waals surface area (Å²) < 4.78 is 1.86. The summed E-state index contributed by atoms with van der Waals surface area (Å²) in [5, 5.41) is 5.48. The van der Waals surface area contributed by atoms with Gasteiger partial charge in [0.05, 0.1) is 11.2 Å². The van der Waals surface area contributed by atoms with E-state index in [1.54, 1.807) is 18.3 Å². The van der Waals surface area contributed by atoms with E-state index < -0.39 is 0 Å². The second kappa shape index (κ2) is 4.59. The summed E-state index contributed by atoms with van der Waals surface area (Å²) in [6.07, 6.45) is 2.63. The fourth-order valence-electron chi connectivity index (χ4n) is 2.63. The molecule has 3 rings (SSSR count). The first kappa shape index (κ1) is 12.6. The molecule has 0 saturated heterocycles. The molecule has 0 aliphatic rings. The number of aryl methyl sites for hydroxylation is 1. The standard InChI is InChI=1S/C15H16N4O/c1-4-11-9(2)18-19(10(11)3)15-12-5-6-14(20)17-13(12)7-8-16-15/h5-8H,4H2,1-3H3,(H,17,20). The van der Waals surface area contributed by atoms with Gasteiger partial charge in [-0.25, -0.2) is 9.67 Å². The first-order valence-corrected chi connectivity index (χ1v) is 6.65. The normalized spacial score (nSPS) is 11.2. The van der Waals surface area contributed by atoms with Crippen LogP contribution in [0.3, 0.4) is 0 Å². The zero-order valence-corrected chi connectivity index (χ0v) is 11.8. The van der Waals surface area contributed by atoms with Gasteiger partial charge in [0.25, 0.3) is 0 Å². The lowest BCUT2D eigenvalue weighted by atomic mass is 10.1. The first-order valence-electron chi connectivity index (χ1n) is 6.65. The Balaban J connectivity index is 2.33. The lowest BCUT2D eigenvalue weighted by Crippen LogP contribution is -2.07. The molecule has 0 aliphatic carbocycles. The highest BCUT2D eigenvalue weighted by atomic mass is 16.1. The summed E-state index contributed by atoms with van der Waals surface area (Å²) in [6, 6.07) is 5.10. The Morgan fingerprint density at radius 3 is 2.75 bits per heavy atom. The van der Waals surface area contributed by atoms with Crippen molar-refractivity contribution in [3.63, 3.8) is 0 Å². The molecule has 3 aromatic heterocycles. The van der Waals surface area contributed by atoms with Crippen LogP contribution in [0.1, 0.15) is 23.9 Å². The van der Waals surface area contributed by atoms with Gasteiger partial charge in [-0.15, -0.1) is 0 Å². The summed E-state index contributed by atoms with van der Waals surface area (Å²) in [5.74, 6) is 0.749. The Kier molecular flexibility index (Phi) is 2.89. The van der Waals surface area contributed by atoms with Gasteiger partial charge in [-0.1, -0.05) is 6.92 Å². The predicted molar refractivity (Wildman–Crippen MR) is 78.3 cm³/mol. The van der Waals surface area contributed by atoms with Gasteiger partial charge < -0.3 is 4.98 Å². The van der Waals surface area contributed by atoms with Crippen LogP contribution in [-0.2, 0) is 6.42 Å². The van der Waals surface area contributed by atoms with E-state index in [0.29, 0.717) is 0 Å². The smallest absolute Gasteiger partial charge is 0.248 e. The Bertz CT molecular complexity index is 845. The molecule has 0 amide bonds. The minimum absolute atomic E-state index is 0.114. The number of hydrogen-bond acceptors (Lipinski definition) is 3. The molecule has 0 aliphatic heterocycles. The minimum atomic E-state index is -0.114. The van der Waals surface area contributed by atoms with Crippen molar-refractivity contribution in [2.24, 2.45) is 0 Å². The highest BCUT2D eigenvalue weighted by Gasteiger charge is 2.14. The fourth-order valence-corrected chi connectivity index (χ4v) is 2.63. The highest BCUT2D eigenvalue weighted by Crippen LogP contribution is 2.21. The number of aromatic nitrogens is 4. The largest absolute Gasteiger partial charge is 0.322 e. The maximum absolute atomic E-state index is 11.4. The van der Waals surface area contributed by atoms with Crippen LogP contribution in [-0.4, -0.2) is 19.7 Å². The molecule has 0 atom stereocenters. The monoisotopic (exact) mass is 268 g/mol. The molecule has 0 aromatic carbocycles. The van der Waals surface area contributed by atoms with E-state index in [0.717, 1.165) is 34.5 Å². The number of H-pyrrole nitrogens is 1. The van der Waals surface area contributed by atoms with E-state index in [4.69, 9.17) is 0 Å². The zero-order valence-electron chi connectivity index (χ0n) is 11.8. The average Bonchev–Trinajstić information content (AvgIpc) is 2.72. The van der Waals surface area contributed by atoms with Gasteiger partial charge in [-0.2, -0.15) is 5.10 Å². The molecule has 20 heavy (non-hydrogen) atoms. The summed E-state index contributed by atoms with van der Waals surface area (Å²) in [5.41, 5.74) is 4.02. The number of pyridine rings is 2. The van der Waals surface area contributed by atoms with Crippen LogP contribution in [0.4, 0.5) is 0 Å². The van der Waals surface area contributed by atoms with Gasteiger partial charge in [0.1, 0.15) is 0 Å². The molecule has 5 nitrogen and oxygen atoms in total. The second-order valence-electron chi connectivity index (χ2n) is 4.83. The van der Waals surface area contributed by atoms with Crippen molar-refractivity contribution in [1.82, 2.24) is 19.7 Å². The van der Waals surface area contributed by atoms with Crippen LogP contribution in [0, 0.1) is 13.8 Å². The van der Waals surface area contributed by atoms with Crippen molar-refractivity contribution in [2.75, 3.05) is 0 Å². The van der Waals surface area contributed by atoms with Gasteiger partial charge in [-0.05, 0) is 38.0 Å². The van der Waals surface area contributed by atoms with Crippen molar-refractivity contribution in [3.8, 4) is 5.82 Å². The number of fused-ring (bicyclic) bond motifs is 1. The topological polar surface area (TPSA) is 63.6 Å². The lowest BCUT2D eigenvalue weighted by molar-refractivity contribution is 0.812. The van der Waals surface area contributed by atoms with Gasteiger partial charge in [0, 0.05) is 23.3 Å². The Labute approximate surface area is 116 Å². The Hall–Kier alpha value is -2.43. The molecular weight excluding hydrogens is 252 g/mol. The zero-order chi connectivity index (χ0) is 14.3. The molecule has 0 bridgehead atoms. The van der Waals surface area contributed by atoms with E-state index in [9.17, 15) is 4.79 Å². The Morgan fingerprint density at radius 1 is 1.25 bits per heavy atom. The molecule has 0 saturated carbocycles. The molecule has 0 radical (unpaired) electrons. The van der Waals surface area contributed by atoms with E-state index in [1.807, 2.05) is 18.5 Å². The quantitative estimate of drug-likeness (QED) is 0.775. The number of nitrogens with one attached hydrogen (secondary N) is 1. The average molecular weight is 268 g/mol. The Morgan fingerprint density at radius 2 is 2.05 bits per heavy atom. The van der Waals surface area contributed by atoms with E-state index in [1.165, 1.54) is 11.6 Å². The predicted octanol–water partition coefficient (Wildman–Crippen LogP) is 2.29. The van der Waals surface area contributed by atoms with E-state index >= 15 is 0 Å². The summed E-state index contributed by atoms with van der Waals surface area (Å²) >= 11 is 0. The van der Waals surface area contributed by atoms with Crippen molar-refractivity contribution in [3.05, 3.63) is 51.7 Å². The van der Waals surface area contributed by atoms with Crippen molar-refractivity contribution < 1.29 is 0 Å². The van der Waals surface area contributed by atoms with Crippen LogP contribution in [0.15, 0.2) is 29.2 Å². The number of nitrogens with zero attached hydrogens (tertiary/aromatic N) is 3. The number of rotatable bonds is 2. The summed E-state index contributed by atoms with van der Waals surface area (Å²) in [7, 11) is 0. The minimum Gasteiger partial charge on any atom is -0.322 e. The number of hydrogen-bond donors (Lipinski definition) is 1. The molecule has 3 aromatic rings. The van der Waals surface area contributed by atoms with Gasteiger partial charge in [0.2, 0.25) is 5.56 Å². The third kappa shape index (κ3) is 1.82. The van der Waals surface area contributed by atoms with Gasteiger partial charge in [0.15, 0.2) is 5.82 Å². The number of aromatic amines is 1. The van der Waals surface area contributed by atoms with Crippen molar-refractivity contribution >= 4 is 10.9 Å². The van der Waals surface area contributed by atoms with Gasteiger partial charge >= 0.3 is 0 Å². The molecular formula is C15H16N4O. The van der Waals surface area contributed by atoms with Crippen LogP contribution in [0.2, 0.25) is 0 Å². The second-order valence-corrected chi connectivity index (χ2v) is 4.83. The highest BCUT2D eigenvalue weighted by molar-refractivity contribution is 5.84. The fraction of sp³-hybridized carbons (Fsp3) is 0.267. The SMILES string of the molecule is CCc1c(C)nn(-c2nccc3[nH]c(=O)ccc23)c1C. The maximum atomic E-state index is 11.4. The molecule has 0 spiro atoms. The van der Waals surface area contributed by atoms with E-state index in [2.05, 4.69) is 22.0 Å². The molecule has 3 heterocycles. The molecule has 0 unspecified atom stereocenters. The van der Waals surface area contributed by atoms with E-state index in [-0.39, 0.29) is 5.56 Å². The van der Waals surface area contributed by atoms with Crippen molar-refractivity contribution in [2.45, 2.75) is 27.2 Å². The van der Waals surface area contributed by atoms with Crippen LogP contribution in [0.5, 0.6) is 0 Å². The third-order valence-corrected chi connectivity index (χ3v) is 3.62. The third-order valence-electron chi connectivity index (χ3n) is 3.62. The molecule has 5 heteroatoms. The van der Waals surface area contributed by atoms with Crippen LogP contribution in [0.25, 0.3) is 16.7 Å². The summed E-state index contributed by atoms with van der Waals surface area (Å²) in [4.78, 5) is 18.7. The van der Waals surface area contributed by atoms with Gasteiger partial charge in [-0.3, -0.25) is 4.79 Å². The summed E-state index contributed by atoms with van der Waals surface area (Å²) in [6.45, 7) is 6.18. The lowest BCUT2D eigenvalue weighted by Gasteiger charge is -2.07. The molecule has 0 fully saturated rings. The molecule has 102 valence electrons. The first-order chi connectivity index (χ1) is 9.61.